The number of pyridine rings is 1. The summed E-state index contributed by atoms with van der Waals surface area (Å²) in [6.07, 6.45) is -1.98. The van der Waals surface area contributed by atoms with Crippen LogP contribution in [0.2, 0.25) is 0 Å². The van der Waals surface area contributed by atoms with Crippen LogP contribution < -0.4 is 4.74 Å². The minimum Gasteiger partial charge on any atom is -0.405 e. The molecule has 2 aromatic carbocycles. The lowest BCUT2D eigenvalue weighted by Crippen LogP contribution is -2.18. The lowest BCUT2D eigenvalue weighted by atomic mass is 9.96. The van der Waals surface area contributed by atoms with E-state index in [2.05, 4.69) is 19.9 Å². The summed E-state index contributed by atoms with van der Waals surface area (Å²) >= 11 is 0. The zero-order valence-electron chi connectivity index (χ0n) is 17.5. The zero-order chi connectivity index (χ0) is 23.3. The van der Waals surface area contributed by atoms with Gasteiger partial charge in [0.05, 0.1) is 17.0 Å². The van der Waals surface area contributed by atoms with Crippen LogP contribution in [0.25, 0.3) is 22.5 Å². The van der Waals surface area contributed by atoms with Crippen molar-refractivity contribution >= 4 is 5.78 Å². The number of alkyl halides is 3. The van der Waals surface area contributed by atoms with Crippen molar-refractivity contribution in [3.63, 3.8) is 0 Å². The number of aryl methyl sites for hydroxylation is 1. The van der Waals surface area contributed by atoms with Gasteiger partial charge >= 0.3 is 6.36 Å². The van der Waals surface area contributed by atoms with Crippen LogP contribution in [0.1, 0.15) is 28.9 Å². The van der Waals surface area contributed by atoms with Gasteiger partial charge in [-0.05, 0) is 37.1 Å². The molecule has 0 atom stereocenters. The van der Waals surface area contributed by atoms with Crippen molar-refractivity contribution in [1.82, 2.24) is 15.2 Å². The van der Waals surface area contributed by atoms with E-state index in [4.69, 9.17) is 0 Å². The van der Waals surface area contributed by atoms with Crippen LogP contribution in [0.4, 0.5) is 13.2 Å². The highest BCUT2D eigenvalue weighted by Gasteiger charge is 2.33. The van der Waals surface area contributed by atoms with Gasteiger partial charge in [0, 0.05) is 29.4 Å². The molecule has 2 aromatic heterocycles. The van der Waals surface area contributed by atoms with Crippen LogP contribution >= 0.6 is 0 Å². The number of Topliss-reactive ketones (excluding diaryl/α,β-unsaturated/α-hetero) is 1. The largest absolute Gasteiger partial charge is 0.573 e. The number of ketones is 1. The predicted molar refractivity (Wildman–Crippen MR) is 118 cm³/mol. The average Bonchev–Trinajstić information content (AvgIpc) is 3.29. The fourth-order valence-corrected chi connectivity index (χ4v) is 3.57. The molecule has 168 valence electrons. The van der Waals surface area contributed by atoms with Gasteiger partial charge < -0.3 is 4.74 Å². The number of hydrogen-bond acceptors (Lipinski definition) is 4. The summed E-state index contributed by atoms with van der Waals surface area (Å²) in [7, 11) is 0. The number of hydrogen-bond donors (Lipinski definition) is 1. The minimum absolute atomic E-state index is 0.0346. The van der Waals surface area contributed by atoms with E-state index in [9.17, 15) is 18.0 Å². The Balaban J connectivity index is 1.65. The molecule has 0 radical (unpaired) electrons. The van der Waals surface area contributed by atoms with E-state index in [-0.39, 0.29) is 29.0 Å². The van der Waals surface area contributed by atoms with Crippen molar-refractivity contribution in [3.8, 4) is 28.3 Å². The number of nitrogens with one attached hydrogen (secondary N) is 1. The Bertz CT molecular complexity index is 1220. The Morgan fingerprint density at radius 2 is 1.76 bits per heavy atom. The first-order valence-electron chi connectivity index (χ1n) is 10.3. The van der Waals surface area contributed by atoms with Crippen LogP contribution in [0, 0.1) is 0 Å². The Morgan fingerprint density at radius 3 is 2.48 bits per heavy atom. The van der Waals surface area contributed by atoms with Crippen molar-refractivity contribution in [2.24, 2.45) is 0 Å². The molecular formula is C25H20F3N3O2. The number of halogens is 3. The molecular weight excluding hydrogens is 431 g/mol. The number of aromatic amines is 1. The Morgan fingerprint density at radius 1 is 0.970 bits per heavy atom. The maximum Gasteiger partial charge on any atom is 0.573 e. The maximum absolute atomic E-state index is 13.1. The van der Waals surface area contributed by atoms with Gasteiger partial charge in [0.1, 0.15) is 5.75 Å². The molecule has 0 aliphatic carbocycles. The molecule has 0 spiro atoms. The fraction of sp³-hybridized carbons (Fsp3) is 0.160. The number of aromatic nitrogens is 3. The van der Waals surface area contributed by atoms with Crippen LogP contribution in [0.5, 0.6) is 5.75 Å². The number of nitrogens with zero attached hydrogens (tertiary/aromatic N) is 2. The van der Waals surface area contributed by atoms with Crippen molar-refractivity contribution in [3.05, 3.63) is 90.3 Å². The number of benzene rings is 2. The second-order valence-corrected chi connectivity index (χ2v) is 7.36. The summed E-state index contributed by atoms with van der Waals surface area (Å²) in [6.45, 7) is 0. The van der Waals surface area contributed by atoms with E-state index in [1.54, 1.807) is 18.3 Å². The second-order valence-electron chi connectivity index (χ2n) is 7.36. The second kappa shape index (κ2) is 9.68. The first-order valence-corrected chi connectivity index (χ1v) is 10.3. The smallest absolute Gasteiger partial charge is 0.405 e. The van der Waals surface area contributed by atoms with Gasteiger partial charge in [0.15, 0.2) is 5.78 Å². The monoisotopic (exact) mass is 451 g/mol. The molecule has 0 aliphatic heterocycles. The molecule has 0 bridgehead atoms. The van der Waals surface area contributed by atoms with E-state index < -0.39 is 12.1 Å². The highest BCUT2D eigenvalue weighted by atomic mass is 19.4. The molecule has 0 saturated heterocycles. The quantitative estimate of drug-likeness (QED) is 0.322. The lowest BCUT2D eigenvalue weighted by Gasteiger charge is -2.15. The van der Waals surface area contributed by atoms with Gasteiger partial charge in [-0.1, -0.05) is 48.5 Å². The topological polar surface area (TPSA) is 67.9 Å². The summed E-state index contributed by atoms with van der Waals surface area (Å²) in [5, 5.41) is 6.99. The molecule has 0 saturated carbocycles. The summed E-state index contributed by atoms with van der Waals surface area (Å²) in [5.74, 6) is -0.745. The molecule has 5 nitrogen and oxygen atoms in total. The number of H-pyrrole nitrogens is 1. The highest BCUT2D eigenvalue weighted by Crippen LogP contribution is 2.37. The Hall–Kier alpha value is -3.94. The first-order chi connectivity index (χ1) is 15.9. The molecule has 33 heavy (non-hydrogen) atoms. The normalized spacial score (nSPS) is 11.4. The Labute approximate surface area is 188 Å². The van der Waals surface area contributed by atoms with Crippen molar-refractivity contribution < 1.29 is 22.7 Å². The van der Waals surface area contributed by atoms with Crippen LogP contribution in [-0.2, 0) is 6.42 Å². The Kier molecular flexibility index (Phi) is 6.53. The molecule has 0 fully saturated rings. The first kappa shape index (κ1) is 22.3. The van der Waals surface area contributed by atoms with Gasteiger partial charge in [0.25, 0.3) is 0 Å². The SMILES string of the molecule is O=C(CCCc1ccccn1)c1cccc(OC(F)(F)F)c1-c1cc(-c2ccccc2)n[nH]1. The molecule has 0 amide bonds. The van der Waals surface area contributed by atoms with E-state index in [1.807, 2.05) is 42.5 Å². The van der Waals surface area contributed by atoms with Crippen molar-refractivity contribution in [2.45, 2.75) is 25.6 Å². The fourth-order valence-electron chi connectivity index (χ4n) is 3.57. The van der Waals surface area contributed by atoms with E-state index in [1.165, 1.54) is 18.2 Å². The van der Waals surface area contributed by atoms with Gasteiger partial charge in [-0.15, -0.1) is 13.2 Å². The third-order valence-corrected chi connectivity index (χ3v) is 5.03. The predicted octanol–water partition coefficient (Wildman–Crippen LogP) is 6.24. The molecule has 8 heteroatoms. The van der Waals surface area contributed by atoms with Crippen LogP contribution in [-0.4, -0.2) is 27.3 Å². The third kappa shape index (κ3) is 5.65. The van der Waals surface area contributed by atoms with Crippen molar-refractivity contribution in [1.29, 1.82) is 0 Å². The summed E-state index contributed by atoms with van der Waals surface area (Å²) in [5.41, 5.74) is 2.62. The zero-order valence-corrected chi connectivity index (χ0v) is 17.5. The molecule has 1 N–H and O–H groups in total. The molecule has 0 unspecified atom stereocenters. The molecule has 2 heterocycles. The van der Waals surface area contributed by atoms with Gasteiger partial charge in [-0.3, -0.25) is 14.9 Å². The van der Waals surface area contributed by atoms with Crippen LogP contribution in [0.15, 0.2) is 79.0 Å². The number of ether oxygens (including phenoxy) is 1. The number of carbonyl (C=O) groups excluding carboxylic acids is 1. The van der Waals surface area contributed by atoms with Gasteiger partial charge in [0.2, 0.25) is 0 Å². The molecule has 4 rings (SSSR count). The average molecular weight is 451 g/mol. The standard InChI is InChI=1S/C25H20F3N3O2/c26-25(27,28)33-23-14-7-12-19(22(32)13-6-11-18-10-4-5-15-29-18)24(23)21-16-20(30-31-21)17-8-2-1-3-9-17/h1-5,7-10,12,14-16H,6,11,13H2,(H,30,31). The van der Waals surface area contributed by atoms with E-state index in [0.29, 0.717) is 18.5 Å². The summed E-state index contributed by atoms with van der Waals surface area (Å²) in [4.78, 5) is 17.3. The highest BCUT2D eigenvalue weighted by molar-refractivity contribution is 6.03. The number of rotatable bonds is 8. The summed E-state index contributed by atoms with van der Waals surface area (Å²) in [6, 6.07) is 20.4. The van der Waals surface area contributed by atoms with Crippen molar-refractivity contribution in [2.75, 3.05) is 0 Å². The summed E-state index contributed by atoms with van der Waals surface area (Å²) < 4.78 is 43.5. The molecule has 4 aromatic rings. The lowest BCUT2D eigenvalue weighted by molar-refractivity contribution is -0.274. The number of carbonyl (C=O) groups is 1. The van der Waals surface area contributed by atoms with E-state index in [0.717, 1.165) is 11.3 Å². The third-order valence-electron chi connectivity index (χ3n) is 5.03. The minimum atomic E-state index is -4.91. The van der Waals surface area contributed by atoms with E-state index >= 15 is 0 Å². The maximum atomic E-state index is 13.1. The van der Waals surface area contributed by atoms with Crippen LogP contribution in [0.3, 0.4) is 0 Å². The van der Waals surface area contributed by atoms with Gasteiger partial charge in [-0.2, -0.15) is 5.10 Å². The molecule has 0 aliphatic rings. The van der Waals surface area contributed by atoms with Gasteiger partial charge in [-0.25, -0.2) is 0 Å².